The lowest BCUT2D eigenvalue weighted by Crippen LogP contribution is -2.13. The zero-order valence-corrected chi connectivity index (χ0v) is 9.48. The largest absolute Gasteiger partial charge is 0.353 e. The van der Waals surface area contributed by atoms with Crippen LogP contribution in [0.5, 0.6) is 0 Å². The molecule has 0 bridgehead atoms. The van der Waals surface area contributed by atoms with E-state index in [0.717, 1.165) is 25.3 Å². The van der Waals surface area contributed by atoms with Gasteiger partial charge >= 0.3 is 0 Å². The highest BCUT2D eigenvalue weighted by Gasteiger charge is 1.98. The van der Waals surface area contributed by atoms with Crippen LogP contribution in [0.3, 0.4) is 0 Å². The fourth-order valence-electron chi connectivity index (χ4n) is 1.08. The third kappa shape index (κ3) is 10.1. The molecule has 0 aromatic heterocycles. The number of halogens is 1. The summed E-state index contributed by atoms with van der Waals surface area (Å²) in [6.07, 6.45) is 4.57. The summed E-state index contributed by atoms with van der Waals surface area (Å²) in [5.74, 6) is 0.774. The van der Waals surface area contributed by atoms with E-state index in [1.54, 1.807) is 0 Å². The number of unbranched alkanes of at least 4 members (excludes halogenated alkanes) is 3. The van der Waals surface area contributed by atoms with Crippen LogP contribution in [0.2, 0.25) is 0 Å². The van der Waals surface area contributed by atoms with Crippen LogP contribution in [0.4, 0.5) is 0 Å². The minimum Gasteiger partial charge on any atom is -0.353 e. The standard InChI is InChI=1S/C10H21ClO2/c1-3-12-10(2)13-9-7-5-4-6-8-11/h10H,3-9H2,1-2H3. The smallest absolute Gasteiger partial charge is 0.154 e. The van der Waals surface area contributed by atoms with Crippen molar-refractivity contribution in [3.8, 4) is 0 Å². The zero-order valence-electron chi connectivity index (χ0n) is 8.72. The molecule has 0 amide bonds. The lowest BCUT2D eigenvalue weighted by Gasteiger charge is -2.12. The molecule has 0 saturated carbocycles. The summed E-state index contributed by atoms with van der Waals surface area (Å²) in [6, 6.07) is 0. The van der Waals surface area contributed by atoms with Gasteiger partial charge in [-0.2, -0.15) is 0 Å². The molecule has 1 unspecified atom stereocenters. The zero-order chi connectivity index (χ0) is 9.94. The predicted molar refractivity (Wildman–Crippen MR) is 56.2 cm³/mol. The summed E-state index contributed by atoms with van der Waals surface area (Å²) in [5.41, 5.74) is 0. The molecule has 0 aliphatic carbocycles. The Morgan fingerprint density at radius 3 is 2.38 bits per heavy atom. The van der Waals surface area contributed by atoms with E-state index in [-0.39, 0.29) is 6.29 Å². The summed E-state index contributed by atoms with van der Waals surface area (Å²) in [6.45, 7) is 5.42. The molecule has 0 aliphatic heterocycles. The van der Waals surface area contributed by atoms with Gasteiger partial charge < -0.3 is 9.47 Å². The van der Waals surface area contributed by atoms with Gasteiger partial charge in [-0.15, -0.1) is 11.6 Å². The van der Waals surface area contributed by atoms with Crippen LogP contribution in [0.1, 0.15) is 39.5 Å². The molecule has 1 atom stereocenters. The lowest BCUT2D eigenvalue weighted by atomic mass is 10.2. The Hall–Kier alpha value is 0.210. The Balaban J connectivity index is 2.97. The molecule has 13 heavy (non-hydrogen) atoms. The van der Waals surface area contributed by atoms with Gasteiger partial charge in [0, 0.05) is 19.1 Å². The highest BCUT2D eigenvalue weighted by atomic mass is 35.5. The fourth-order valence-corrected chi connectivity index (χ4v) is 1.27. The van der Waals surface area contributed by atoms with Crippen LogP contribution in [0.25, 0.3) is 0 Å². The first-order chi connectivity index (χ1) is 6.31. The van der Waals surface area contributed by atoms with Crippen molar-refractivity contribution in [3.05, 3.63) is 0 Å². The summed E-state index contributed by atoms with van der Waals surface area (Å²) < 4.78 is 10.6. The summed E-state index contributed by atoms with van der Waals surface area (Å²) in [4.78, 5) is 0. The predicted octanol–water partition coefficient (Wildman–Crippen LogP) is 3.18. The van der Waals surface area contributed by atoms with E-state index >= 15 is 0 Å². The van der Waals surface area contributed by atoms with Crippen molar-refractivity contribution in [1.82, 2.24) is 0 Å². The second-order valence-electron chi connectivity index (χ2n) is 3.00. The molecule has 0 heterocycles. The van der Waals surface area contributed by atoms with Crippen molar-refractivity contribution < 1.29 is 9.47 Å². The number of rotatable bonds is 9. The highest BCUT2D eigenvalue weighted by Crippen LogP contribution is 2.02. The average Bonchev–Trinajstić information content (AvgIpc) is 2.11. The van der Waals surface area contributed by atoms with E-state index in [1.807, 2.05) is 13.8 Å². The van der Waals surface area contributed by atoms with Gasteiger partial charge in [0.15, 0.2) is 6.29 Å². The van der Waals surface area contributed by atoms with Crippen molar-refractivity contribution in [3.63, 3.8) is 0 Å². The van der Waals surface area contributed by atoms with Crippen molar-refractivity contribution >= 4 is 11.6 Å². The minimum atomic E-state index is -0.0574. The molecule has 0 aliphatic rings. The van der Waals surface area contributed by atoms with E-state index in [2.05, 4.69) is 0 Å². The highest BCUT2D eigenvalue weighted by molar-refractivity contribution is 6.17. The molecular weight excluding hydrogens is 188 g/mol. The molecule has 0 rings (SSSR count). The van der Waals surface area contributed by atoms with Crippen LogP contribution in [0.15, 0.2) is 0 Å². The van der Waals surface area contributed by atoms with Gasteiger partial charge in [-0.25, -0.2) is 0 Å². The van der Waals surface area contributed by atoms with Gasteiger partial charge in [-0.05, 0) is 26.7 Å². The summed E-state index contributed by atoms with van der Waals surface area (Å²) in [5, 5.41) is 0. The van der Waals surface area contributed by atoms with Crippen LogP contribution >= 0.6 is 11.6 Å². The second-order valence-corrected chi connectivity index (χ2v) is 3.37. The Morgan fingerprint density at radius 2 is 1.77 bits per heavy atom. The SMILES string of the molecule is CCOC(C)OCCCCCCCl. The maximum Gasteiger partial charge on any atom is 0.154 e. The molecule has 3 heteroatoms. The summed E-state index contributed by atoms with van der Waals surface area (Å²) in [7, 11) is 0. The molecule has 0 fully saturated rings. The molecule has 0 N–H and O–H groups in total. The second kappa shape index (κ2) is 10.3. The number of alkyl halides is 1. The Morgan fingerprint density at radius 1 is 1.08 bits per heavy atom. The van der Waals surface area contributed by atoms with Gasteiger partial charge in [0.1, 0.15) is 0 Å². The molecule has 0 radical (unpaired) electrons. The summed E-state index contributed by atoms with van der Waals surface area (Å²) >= 11 is 5.55. The van der Waals surface area contributed by atoms with Crippen molar-refractivity contribution in [2.75, 3.05) is 19.1 Å². The Kier molecular flexibility index (Phi) is 10.5. The molecule has 0 aromatic rings. The molecule has 0 saturated heterocycles. The van der Waals surface area contributed by atoms with Gasteiger partial charge in [0.05, 0.1) is 0 Å². The van der Waals surface area contributed by atoms with Gasteiger partial charge in [-0.3, -0.25) is 0 Å². The van der Waals surface area contributed by atoms with E-state index in [9.17, 15) is 0 Å². The van der Waals surface area contributed by atoms with Gasteiger partial charge in [-0.1, -0.05) is 12.8 Å². The minimum absolute atomic E-state index is 0.0574. The van der Waals surface area contributed by atoms with E-state index in [4.69, 9.17) is 21.1 Å². The van der Waals surface area contributed by atoms with E-state index < -0.39 is 0 Å². The maximum atomic E-state index is 5.55. The monoisotopic (exact) mass is 208 g/mol. The molecule has 80 valence electrons. The molecule has 0 spiro atoms. The quantitative estimate of drug-likeness (QED) is 0.329. The van der Waals surface area contributed by atoms with Crippen molar-refractivity contribution in [2.24, 2.45) is 0 Å². The molecule has 0 aromatic carbocycles. The Labute approximate surface area is 86.6 Å². The van der Waals surface area contributed by atoms with Gasteiger partial charge in [0.25, 0.3) is 0 Å². The fraction of sp³-hybridized carbons (Fsp3) is 1.00. The normalized spacial score (nSPS) is 13.2. The first-order valence-electron chi connectivity index (χ1n) is 5.10. The topological polar surface area (TPSA) is 18.5 Å². The van der Waals surface area contributed by atoms with Crippen molar-refractivity contribution in [2.45, 2.75) is 45.8 Å². The van der Waals surface area contributed by atoms with Crippen molar-refractivity contribution in [1.29, 1.82) is 0 Å². The first-order valence-corrected chi connectivity index (χ1v) is 5.63. The first kappa shape index (κ1) is 13.2. The molecule has 2 nitrogen and oxygen atoms in total. The van der Waals surface area contributed by atoms with Crippen LogP contribution in [-0.2, 0) is 9.47 Å². The average molecular weight is 209 g/mol. The third-order valence-corrected chi connectivity index (χ3v) is 2.05. The Bertz CT molecular complexity index is 98.9. The van der Waals surface area contributed by atoms with E-state index in [0.29, 0.717) is 6.61 Å². The van der Waals surface area contributed by atoms with Crippen LogP contribution in [0, 0.1) is 0 Å². The van der Waals surface area contributed by atoms with Crippen LogP contribution in [-0.4, -0.2) is 25.4 Å². The number of ether oxygens (including phenoxy) is 2. The van der Waals surface area contributed by atoms with E-state index in [1.165, 1.54) is 12.8 Å². The lowest BCUT2D eigenvalue weighted by molar-refractivity contribution is -0.127. The third-order valence-electron chi connectivity index (χ3n) is 1.78. The van der Waals surface area contributed by atoms with Crippen LogP contribution < -0.4 is 0 Å². The number of hydrogen-bond acceptors (Lipinski definition) is 2. The number of hydrogen-bond donors (Lipinski definition) is 0. The molecular formula is C10H21ClO2. The van der Waals surface area contributed by atoms with Gasteiger partial charge in [0.2, 0.25) is 0 Å². The maximum absolute atomic E-state index is 5.55.